The number of para-hydroxylation sites is 1. The summed E-state index contributed by atoms with van der Waals surface area (Å²) in [4.78, 5) is 8.49. The van der Waals surface area contributed by atoms with E-state index in [-0.39, 0.29) is 0 Å². The van der Waals surface area contributed by atoms with Gasteiger partial charge in [0.25, 0.3) is 0 Å². The molecule has 5 heteroatoms. The highest BCUT2D eigenvalue weighted by molar-refractivity contribution is 6.31. The Balaban J connectivity index is 2.01. The number of ether oxygens (including phenoxy) is 1. The number of hydrogen-bond acceptors (Lipinski definition) is 4. The maximum atomic E-state index is 5.98. The molecule has 0 saturated carbocycles. The number of nitrogens with two attached hydrogens (primary N) is 1. The fourth-order valence-electron chi connectivity index (χ4n) is 1.94. The van der Waals surface area contributed by atoms with Crippen molar-refractivity contribution in [3.8, 4) is 11.6 Å². The predicted octanol–water partition coefficient (Wildman–Crippen LogP) is 3.53. The lowest BCUT2D eigenvalue weighted by atomic mass is 10.2. The van der Waals surface area contributed by atoms with Gasteiger partial charge in [0.15, 0.2) is 5.75 Å². The second-order valence-electron chi connectivity index (χ2n) is 4.25. The molecule has 0 atom stereocenters. The number of aromatic nitrogens is 2. The molecule has 3 aromatic rings. The van der Waals surface area contributed by atoms with Gasteiger partial charge in [0.2, 0.25) is 5.88 Å². The maximum absolute atomic E-state index is 5.98. The highest BCUT2D eigenvalue weighted by atomic mass is 35.5. The zero-order valence-corrected chi connectivity index (χ0v) is 11.3. The van der Waals surface area contributed by atoms with Crippen molar-refractivity contribution < 1.29 is 4.74 Å². The lowest BCUT2D eigenvalue weighted by Gasteiger charge is -2.09. The molecule has 2 N–H and O–H groups in total. The highest BCUT2D eigenvalue weighted by Gasteiger charge is 2.07. The number of rotatable bonds is 3. The van der Waals surface area contributed by atoms with Gasteiger partial charge in [-0.05, 0) is 17.7 Å². The number of benzene rings is 1. The summed E-state index contributed by atoms with van der Waals surface area (Å²) < 4.78 is 5.80. The minimum atomic E-state index is 0.339. The lowest BCUT2D eigenvalue weighted by molar-refractivity contribution is 0.466. The van der Waals surface area contributed by atoms with E-state index in [1.165, 1.54) is 6.20 Å². The van der Waals surface area contributed by atoms with E-state index in [1.54, 1.807) is 12.3 Å². The fraction of sp³-hybridized carbons (Fsp3) is 0.0667. The third-order valence-electron chi connectivity index (χ3n) is 2.94. The van der Waals surface area contributed by atoms with Crippen molar-refractivity contribution in [1.82, 2.24) is 9.97 Å². The Hall–Kier alpha value is -2.17. The zero-order valence-electron chi connectivity index (χ0n) is 10.6. The summed E-state index contributed by atoms with van der Waals surface area (Å²) >= 11 is 5.98. The molecule has 0 unspecified atom stereocenters. The van der Waals surface area contributed by atoms with Gasteiger partial charge < -0.3 is 10.5 Å². The van der Waals surface area contributed by atoms with E-state index in [2.05, 4.69) is 9.97 Å². The first-order valence-corrected chi connectivity index (χ1v) is 6.52. The Morgan fingerprint density at radius 3 is 2.85 bits per heavy atom. The molecule has 0 aliphatic carbocycles. The molecule has 2 heterocycles. The first-order chi connectivity index (χ1) is 9.78. The molecule has 100 valence electrons. The van der Waals surface area contributed by atoms with Gasteiger partial charge >= 0.3 is 0 Å². The number of pyridine rings is 2. The van der Waals surface area contributed by atoms with Crippen LogP contribution >= 0.6 is 11.6 Å². The maximum Gasteiger partial charge on any atom is 0.219 e. The van der Waals surface area contributed by atoms with Gasteiger partial charge in [0.1, 0.15) is 5.52 Å². The summed E-state index contributed by atoms with van der Waals surface area (Å²) in [5.74, 6) is 1.11. The molecular formula is C15H12ClN3O. The second kappa shape index (κ2) is 5.45. The van der Waals surface area contributed by atoms with Crippen LogP contribution in [0.3, 0.4) is 0 Å². The summed E-state index contributed by atoms with van der Waals surface area (Å²) in [5.41, 5.74) is 7.21. The molecule has 0 spiro atoms. The van der Waals surface area contributed by atoms with Crippen molar-refractivity contribution in [2.75, 3.05) is 0 Å². The van der Waals surface area contributed by atoms with Crippen molar-refractivity contribution in [3.05, 3.63) is 59.4 Å². The third kappa shape index (κ3) is 2.43. The first-order valence-electron chi connectivity index (χ1n) is 6.14. The third-order valence-corrected chi connectivity index (χ3v) is 3.28. The van der Waals surface area contributed by atoms with E-state index in [1.807, 2.05) is 30.3 Å². The summed E-state index contributed by atoms with van der Waals surface area (Å²) in [6.45, 7) is 0.339. The normalized spacial score (nSPS) is 10.7. The monoisotopic (exact) mass is 285 g/mol. The molecule has 0 aliphatic rings. The van der Waals surface area contributed by atoms with Crippen LogP contribution in [0.25, 0.3) is 10.9 Å². The number of nitrogens with zero attached hydrogens (tertiary/aromatic N) is 2. The van der Waals surface area contributed by atoms with Crippen LogP contribution in [0.2, 0.25) is 5.02 Å². The van der Waals surface area contributed by atoms with Crippen molar-refractivity contribution in [2.24, 2.45) is 5.73 Å². The smallest absolute Gasteiger partial charge is 0.219 e. The van der Waals surface area contributed by atoms with Gasteiger partial charge in [-0.3, -0.25) is 4.98 Å². The molecule has 1 aromatic carbocycles. The Bertz CT molecular complexity index is 756. The molecule has 0 fully saturated rings. The van der Waals surface area contributed by atoms with Crippen LogP contribution in [0, 0.1) is 0 Å². The molecule has 20 heavy (non-hydrogen) atoms. The number of fused-ring (bicyclic) bond motifs is 1. The SMILES string of the molecule is NCc1cc(Oc2cccc3cccnc23)ncc1Cl. The van der Waals surface area contributed by atoms with E-state index < -0.39 is 0 Å². The molecular weight excluding hydrogens is 274 g/mol. The van der Waals surface area contributed by atoms with Crippen molar-refractivity contribution in [2.45, 2.75) is 6.54 Å². The van der Waals surface area contributed by atoms with Crippen LogP contribution in [-0.4, -0.2) is 9.97 Å². The van der Waals surface area contributed by atoms with Gasteiger partial charge in [-0.2, -0.15) is 0 Å². The standard InChI is InChI=1S/C15H12ClN3O/c16-12-9-19-14(7-11(12)8-17)20-13-5-1-3-10-4-2-6-18-15(10)13/h1-7,9H,8,17H2. The minimum Gasteiger partial charge on any atom is -0.437 e. The zero-order chi connectivity index (χ0) is 13.9. The van der Waals surface area contributed by atoms with Crippen LogP contribution in [0.5, 0.6) is 11.6 Å². The van der Waals surface area contributed by atoms with E-state index in [0.29, 0.717) is 23.2 Å². The molecule has 0 radical (unpaired) electrons. The summed E-state index contributed by atoms with van der Waals surface area (Å²) in [6, 6.07) is 11.4. The van der Waals surface area contributed by atoms with E-state index in [4.69, 9.17) is 22.1 Å². The molecule has 0 bridgehead atoms. The molecule has 3 rings (SSSR count). The second-order valence-corrected chi connectivity index (χ2v) is 4.66. The van der Waals surface area contributed by atoms with Crippen LogP contribution in [0.1, 0.15) is 5.56 Å². The largest absolute Gasteiger partial charge is 0.437 e. The summed E-state index contributed by atoms with van der Waals surface area (Å²) in [5, 5.41) is 1.55. The average Bonchev–Trinajstić information content (AvgIpc) is 2.49. The number of hydrogen-bond donors (Lipinski definition) is 1. The lowest BCUT2D eigenvalue weighted by Crippen LogP contribution is -1.99. The first kappa shape index (κ1) is 12.8. The van der Waals surface area contributed by atoms with Gasteiger partial charge in [0.05, 0.1) is 5.02 Å². The Kier molecular flexibility index (Phi) is 3.50. The molecule has 2 aromatic heterocycles. The Morgan fingerprint density at radius 1 is 1.15 bits per heavy atom. The predicted molar refractivity (Wildman–Crippen MR) is 79.0 cm³/mol. The van der Waals surface area contributed by atoms with E-state index in [9.17, 15) is 0 Å². The van der Waals surface area contributed by atoms with Crippen LogP contribution < -0.4 is 10.5 Å². The molecule has 0 amide bonds. The van der Waals surface area contributed by atoms with Crippen LogP contribution in [0.4, 0.5) is 0 Å². The minimum absolute atomic E-state index is 0.339. The van der Waals surface area contributed by atoms with Crippen molar-refractivity contribution in [3.63, 3.8) is 0 Å². The Labute approximate surface area is 121 Å². The summed E-state index contributed by atoms with van der Waals surface area (Å²) in [7, 11) is 0. The molecule has 0 saturated heterocycles. The van der Waals surface area contributed by atoms with E-state index >= 15 is 0 Å². The fourth-order valence-corrected chi connectivity index (χ4v) is 2.12. The topological polar surface area (TPSA) is 61.0 Å². The van der Waals surface area contributed by atoms with Crippen LogP contribution in [0.15, 0.2) is 48.8 Å². The molecule has 0 aliphatic heterocycles. The highest BCUT2D eigenvalue weighted by Crippen LogP contribution is 2.28. The summed E-state index contributed by atoms with van der Waals surface area (Å²) in [6.07, 6.45) is 3.27. The van der Waals surface area contributed by atoms with E-state index in [0.717, 1.165) is 16.5 Å². The van der Waals surface area contributed by atoms with Gasteiger partial charge in [0, 0.05) is 30.4 Å². The van der Waals surface area contributed by atoms with Gasteiger partial charge in [-0.15, -0.1) is 0 Å². The van der Waals surface area contributed by atoms with Crippen molar-refractivity contribution in [1.29, 1.82) is 0 Å². The van der Waals surface area contributed by atoms with Crippen LogP contribution in [-0.2, 0) is 6.54 Å². The average molecular weight is 286 g/mol. The van der Waals surface area contributed by atoms with Gasteiger partial charge in [-0.25, -0.2) is 4.98 Å². The van der Waals surface area contributed by atoms with Crippen molar-refractivity contribution >= 4 is 22.5 Å². The quantitative estimate of drug-likeness (QED) is 0.799. The van der Waals surface area contributed by atoms with Gasteiger partial charge in [-0.1, -0.05) is 29.8 Å². The molecule has 4 nitrogen and oxygen atoms in total. The Morgan fingerprint density at radius 2 is 2.00 bits per heavy atom. The number of halogens is 1.